The fourth-order valence-electron chi connectivity index (χ4n) is 3.51. The summed E-state index contributed by atoms with van der Waals surface area (Å²) in [5, 5.41) is 0. The largest absolute Gasteiger partial charge is 0.446 e. The molecule has 0 saturated heterocycles. The van der Waals surface area contributed by atoms with Gasteiger partial charge in [-0.2, -0.15) is 0 Å². The fraction of sp³-hybridized carbons (Fsp3) is 0.650. The Morgan fingerprint density at radius 3 is 2.72 bits per heavy atom. The summed E-state index contributed by atoms with van der Waals surface area (Å²) < 4.78 is 33.7. The number of anilines is 1. The Hall–Kier alpha value is -1.65. The Balaban J connectivity index is 2.00. The van der Waals surface area contributed by atoms with Gasteiger partial charge in [0.1, 0.15) is 6.10 Å². The number of alkyl halides is 2. The summed E-state index contributed by atoms with van der Waals surface area (Å²) in [5.41, 5.74) is 1.86. The molecule has 1 aromatic rings. The van der Waals surface area contributed by atoms with Crippen LogP contribution in [0.5, 0.6) is 0 Å². The average Bonchev–Trinajstić information content (AvgIpc) is 2.61. The third-order valence-electron chi connectivity index (χ3n) is 5.13. The molecule has 0 bridgehead atoms. The van der Waals surface area contributed by atoms with Gasteiger partial charge in [0, 0.05) is 25.1 Å². The number of ether oxygens (including phenoxy) is 1. The van der Waals surface area contributed by atoms with Crippen molar-refractivity contribution < 1.29 is 18.3 Å². The van der Waals surface area contributed by atoms with Gasteiger partial charge in [0.05, 0.1) is 0 Å². The second-order valence-corrected chi connectivity index (χ2v) is 6.92. The summed E-state index contributed by atoms with van der Waals surface area (Å²) in [6.45, 7) is 4.03. The van der Waals surface area contributed by atoms with E-state index in [1.165, 1.54) is 4.90 Å². The van der Waals surface area contributed by atoms with Crippen molar-refractivity contribution in [1.82, 2.24) is 0 Å². The van der Waals surface area contributed by atoms with Gasteiger partial charge < -0.3 is 4.74 Å². The van der Waals surface area contributed by atoms with Gasteiger partial charge in [-0.3, -0.25) is 4.90 Å². The highest BCUT2D eigenvalue weighted by molar-refractivity contribution is 5.88. The van der Waals surface area contributed by atoms with Gasteiger partial charge in [-0.15, -0.1) is 0 Å². The number of hydrogen-bond donors (Lipinski definition) is 0. The Morgan fingerprint density at radius 2 is 2.04 bits per heavy atom. The minimum absolute atomic E-state index is 0.200. The molecule has 140 valence electrons. The number of nitrogens with zero attached hydrogens (tertiary/aromatic N) is 1. The topological polar surface area (TPSA) is 29.5 Å². The molecule has 3 nitrogen and oxygen atoms in total. The zero-order chi connectivity index (χ0) is 18.4. The molecule has 25 heavy (non-hydrogen) atoms. The van der Waals surface area contributed by atoms with Crippen molar-refractivity contribution in [2.75, 3.05) is 11.9 Å². The van der Waals surface area contributed by atoms with Gasteiger partial charge in [-0.1, -0.05) is 44.9 Å². The van der Waals surface area contributed by atoms with E-state index in [9.17, 15) is 13.6 Å². The van der Waals surface area contributed by atoms with E-state index in [-0.39, 0.29) is 19.3 Å². The first-order valence-corrected chi connectivity index (χ1v) is 9.29. The van der Waals surface area contributed by atoms with Gasteiger partial charge in [-0.25, -0.2) is 13.6 Å². The lowest BCUT2D eigenvalue weighted by Gasteiger charge is -2.36. The molecule has 0 aliphatic heterocycles. The molecule has 0 aromatic heterocycles. The Labute approximate surface area is 149 Å². The first-order valence-electron chi connectivity index (χ1n) is 9.29. The lowest BCUT2D eigenvalue weighted by Crippen LogP contribution is -2.41. The highest BCUT2D eigenvalue weighted by Gasteiger charge is 2.45. The standard InChI is InChI=1S/C20H29F2NO2/c1-4-6-10-16-14-17(12-13-20(16,21)22)25-19(24)23(3)18-11-8-7-9-15(18)5-2/h7-9,11,16-17H,4-6,10,12-14H2,1-3H3. The van der Waals surface area contributed by atoms with Crippen LogP contribution in [0.15, 0.2) is 24.3 Å². The summed E-state index contributed by atoms with van der Waals surface area (Å²) in [4.78, 5) is 14.0. The van der Waals surface area contributed by atoms with E-state index in [0.29, 0.717) is 6.42 Å². The molecule has 1 aliphatic rings. The molecule has 1 amide bonds. The molecule has 1 saturated carbocycles. The van der Waals surface area contributed by atoms with Gasteiger partial charge in [0.15, 0.2) is 0 Å². The third kappa shape index (κ3) is 4.93. The van der Waals surface area contributed by atoms with Crippen LogP contribution >= 0.6 is 0 Å². The maximum Gasteiger partial charge on any atom is 0.414 e. The normalized spacial score (nSPS) is 22.4. The molecule has 2 unspecified atom stereocenters. The van der Waals surface area contributed by atoms with Crippen LogP contribution in [0.3, 0.4) is 0 Å². The Kier molecular flexibility index (Phi) is 6.79. The molecule has 0 heterocycles. The minimum atomic E-state index is -2.64. The average molecular weight is 353 g/mol. The highest BCUT2D eigenvalue weighted by Crippen LogP contribution is 2.42. The molecule has 2 rings (SSSR count). The van der Waals surface area contributed by atoms with Crippen LogP contribution in [0.1, 0.15) is 57.9 Å². The zero-order valence-electron chi connectivity index (χ0n) is 15.4. The zero-order valence-corrected chi connectivity index (χ0v) is 15.4. The predicted octanol–water partition coefficient (Wildman–Crippen LogP) is 5.82. The lowest BCUT2D eigenvalue weighted by molar-refractivity contribution is -0.115. The van der Waals surface area contributed by atoms with Crippen LogP contribution in [0, 0.1) is 5.92 Å². The van der Waals surface area contributed by atoms with Crippen LogP contribution in [-0.2, 0) is 11.2 Å². The molecule has 1 aliphatic carbocycles. The number of carbonyl (C=O) groups is 1. The van der Waals surface area contributed by atoms with E-state index in [2.05, 4.69) is 0 Å². The maximum atomic E-state index is 14.1. The van der Waals surface area contributed by atoms with E-state index < -0.39 is 24.0 Å². The van der Waals surface area contributed by atoms with Gasteiger partial charge in [0.25, 0.3) is 5.92 Å². The second kappa shape index (κ2) is 8.63. The maximum absolute atomic E-state index is 14.1. The summed E-state index contributed by atoms with van der Waals surface area (Å²) >= 11 is 0. The molecule has 0 radical (unpaired) electrons. The number of unbranched alkanes of at least 4 members (excludes halogenated alkanes) is 1. The number of halogens is 2. The number of amides is 1. The molecule has 5 heteroatoms. The Morgan fingerprint density at radius 1 is 1.32 bits per heavy atom. The Bertz CT molecular complexity index is 577. The first-order chi connectivity index (χ1) is 11.9. The molecule has 1 aromatic carbocycles. The summed E-state index contributed by atoms with van der Waals surface area (Å²) in [5.74, 6) is -3.33. The molecule has 1 fully saturated rings. The monoisotopic (exact) mass is 353 g/mol. The third-order valence-corrected chi connectivity index (χ3v) is 5.13. The summed E-state index contributed by atoms with van der Waals surface area (Å²) in [7, 11) is 1.67. The summed E-state index contributed by atoms with van der Waals surface area (Å²) in [6, 6.07) is 7.66. The first kappa shape index (κ1) is 19.7. The van der Waals surface area contributed by atoms with Crippen molar-refractivity contribution in [2.24, 2.45) is 5.92 Å². The van der Waals surface area contributed by atoms with Gasteiger partial charge in [-0.05, 0) is 37.3 Å². The number of carbonyl (C=O) groups excluding carboxylic acids is 1. The number of para-hydroxylation sites is 1. The van der Waals surface area contributed by atoms with Crippen LogP contribution in [-0.4, -0.2) is 25.2 Å². The molecular weight excluding hydrogens is 324 g/mol. The van der Waals surface area contributed by atoms with E-state index in [1.54, 1.807) is 7.05 Å². The van der Waals surface area contributed by atoms with Crippen LogP contribution in [0.2, 0.25) is 0 Å². The molecule has 0 N–H and O–H groups in total. The van der Waals surface area contributed by atoms with Crippen LogP contribution in [0.4, 0.5) is 19.3 Å². The SMILES string of the molecule is CCCCC1CC(OC(=O)N(C)c2ccccc2CC)CCC1(F)F. The highest BCUT2D eigenvalue weighted by atomic mass is 19.3. The van der Waals surface area contributed by atoms with Crippen molar-refractivity contribution in [3.05, 3.63) is 29.8 Å². The number of aryl methyl sites for hydroxylation is 1. The number of hydrogen-bond acceptors (Lipinski definition) is 2. The van der Waals surface area contributed by atoms with E-state index in [0.717, 1.165) is 30.5 Å². The number of rotatable bonds is 6. The smallest absolute Gasteiger partial charge is 0.414 e. The van der Waals surface area contributed by atoms with E-state index in [1.807, 2.05) is 38.1 Å². The van der Waals surface area contributed by atoms with Gasteiger partial charge >= 0.3 is 6.09 Å². The van der Waals surface area contributed by atoms with Crippen molar-refractivity contribution in [2.45, 2.75) is 70.8 Å². The minimum Gasteiger partial charge on any atom is -0.446 e. The predicted molar refractivity (Wildman–Crippen MR) is 96.3 cm³/mol. The van der Waals surface area contributed by atoms with E-state index in [4.69, 9.17) is 4.74 Å². The fourth-order valence-corrected chi connectivity index (χ4v) is 3.51. The van der Waals surface area contributed by atoms with Crippen molar-refractivity contribution >= 4 is 11.8 Å². The van der Waals surface area contributed by atoms with Gasteiger partial charge in [0.2, 0.25) is 0 Å². The second-order valence-electron chi connectivity index (χ2n) is 6.92. The van der Waals surface area contributed by atoms with Crippen molar-refractivity contribution in [3.63, 3.8) is 0 Å². The summed E-state index contributed by atoms with van der Waals surface area (Å²) in [6.07, 6.45) is 2.37. The van der Waals surface area contributed by atoms with Crippen LogP contribution in [0.25, 0.3) is 0 Å². The van der Waals surface area contributed by atoms with Crippen molar-refractivity contribution in [1.29, 1.82) is 0 Å². The molecular formula is C20H29F2NO2. The van der Waals surface area contributed by atoms with E-state index >= 15 is 0 Å². The quantitative estimate of drug-likeness (QED) is 0.645. The van der Waals surface area contributed by atoms with Crippen molar-refractivity contribution in [3.8, 4) is 0 Å². The lowest BCUT2D eigenvalue weighted by atomic mass is 9.81. The van der Waals surface area contributed by atoms with Crippen LogP contribution < -0.4 is 4.90 Å². The molecule has 0 spiro atoms. The number of benzene rings is 1. The molecule has 2 atom stereocenters.